The molecule has 0 saturated carbocycles. The van der Waals surface area contributed by atoms with Gasteiger partial charge in [-0.15, -0.1) is 0 Å². The van der Waals surface area contributed by atoms with Crippen LogP contribution >= 0.6 is 0 Å². The lowest BCUT2D eigenvalue weighted by molar-refractivity contribution is 0.218. The number of nitrogens with two attached hydrogens (primary N) is 1. The van der Waals surface area contributed by atoms with Crippen molar-refractivity contribution in [3.05, 3.63) is 0 Å². The molecular formula is C10H24N2. The Bertz CT molecular complexity index is 102. The van der Waals surface area contributed by atoms with Gasteiger partial charge in [-0.3, -0.25) is 5.84 Å². The van der Waals surface area contributed by atoms with Gasteiger partial charge in [-0.1, -0.05) is 33.1 Å². The van der Waals surface area contributed by atoms with E-state index in [1.807, 2.05) is 12.1 Å². The summed E-state index contributed by atoms with van der Waals surface area (Å²) in [6, 6.07) is 0.515. The fourth-order valence-electron chi connectivity index (χ4n) is 1.55. The molecule has 0 heterocycles. The predicted octanol–water partition coefficient (Wildman–Crippen LogP) is 2.40. The summed E-state index contributed by atoms with van der Waals surface area (Å²) < 4.78 is 0. The van der Waals surface area contributed by atoms with E-state index in [2.05, 4.69) is 20.8 Å². The fraction of sp³-hybridized carbons (Fsp3) is 1.00. The first-order valence-electron chi connectivity index (χ1n) is 5.09. The minimum absolute atomic E-state index is 0.515. The largest absolute Gasteiger partial charge is 0.269 e. The van der Waals surface area contributed by atoms with E-state index >= 15 is 0 Å². The monoisotopic (exact) mass is 172 g/mol. The second-order valence-corrected chi connectivity index (χ2v) is 3.81. The van der Waals surface area contributed by atoms with Crippen LogP contribution in [0.4, 0.5) is 0 Å². The van der Waals surface area contributed by atoms with E-state index in [9.17, 15) is 0 Å². The second-order valence-electron chi connectivity index (χ2n) is 3.81. The molecule has 0 spiro atoms. The molecule has 0 unspecified atom stereocenters. The summed E-state index contributed by atoms with van der Waals surface area (Å²) in [6.07, 6.45) is 5.15. The summed E-state index contributed by atoms with van der Waals surface area (Å²) in [5.74, 6) is 6.53. The maximum atomic E-state index is 5.67. The van der Waals surface area contributed by atoms with Gasteiger partial charge in [-0.2, -0.15) is 0 Å². The van der Waals surface area contributed by atoms with Crippen LogP contribution in [-0.4, -0.2) is 18.1 Å². The van der Waals surface area contributed by atoms with Gasteiger partial charge in [0, 0.05) is 13.1 Å². The molecule has 0 saturated heterocycles. The number of nitrogens with zero attached hydrogens (tertiary/aromatic N) is 1. The Labute approximate surface area is 77.1 Å². The Kier molecular flexibility index (Phi) is 6.39. The van der Waals surface area contributed by atoms with E-state index in [-0.39, 0.29) is 0 Å². The predicted molar refractivity (Wildman–Crippen MR) is 54.7 cm³/mol. The molecule has 2 nitrogen and oxygen atoms in total. The SMILES string of the molecule is CCC[C@@H](CC)C[C@H](C)N(C)N. The first kappa shape index (κ1) is 11.9. The van der Waals surface area contributed by atoms with Gasteiger partial charge >= 0.3 is 0 Å². The van der Waals surface area contributed by atoms with Crippen LogP contribution in [0.5, 0.6) is 0 Å². The summed E-state index contributed by atoms with van der Waals surface area (Å²) >= 11 is 0. The number of hydrazine groups is 1. The molecule has 2 N–H and O–H groups in total. The van der Waals surface area contributed by atoms with E-state index in [1.54, 1.807) is 0 Å². The van der Waals surface area contributed by atoms with Gasteiger partial charge in [0.25, 0.3) is 0 Å². The molecule has 0 fully saturated rings. The van der Waals surface area contributed by atoms with E-state index in [4.69, 9.17) is 5.84 Å². The van der Waals surface area contributed by atoms with Gasteiger partial charge in [0.05, 0.1) is 0 Å². The van der Waals surface area contributed by atoms with Crippen LogP contribution in [0.1, 0.15) is 46.5 Å². The van der Waals surface area contributed by atoms with Gasteiger partial charge in [0.2, 0.25) is 0 Å². The van der Waals surface area contributed by atoms with Gasteiger partial charge in [-0.25, -0.2) is 5.01 Å². The van der Waals surface area contributed by atoms with E-state index in [1.165, 1.54) is 25.7 Å². The minimum Gasteiger partial charge on any atom is -0.269 e. The Hall–Kier alpha value is -0.0800. The summed E-state index contributed by atoms with van der Waals surface area (Å²) in [5.41, 5.74) is 0. The first-order valence-corrected chi connectivity index (χ1v) is 5.09. The van der Waals surface area contributed by atoms with Crippen molar-refractivity contribution in [3.8, 4) is 0 Å². The highest BCUT2D eigenvalue weighted by Gasteiger charge is 2.12. The molecule has 0 aliphatic carbocycles. The molecule has 0 bridgehead atoms. The standard InChI is InChI=1S/C10H24N2/c1-5-7-10(6-2)8-9(3)12(4)11/h9-10H,5-8,11H2,1-4H3/t9-,10+/m0/s1. The van der Waals surface area contributed by atoms with Crippen LogP contribution in [0.15, 0.2) is 0 Å². The van der Waals surface area contributed by atoms with E-state index in [0.29, 0.717) is 6.04 Å². The Morgan fingerprint density at radius 3 is 2.25 bits per heavy atom. The summed E-state index contributed by atoms with van der Waals surface area (Å²) in [5, 5.41) is 1.82. The van der Waals surface area contributed by atoms with Crippen molar-refractivity contribution >= 4 is 0 Å². The summed E-state index contributed by atoms with van der Waals surface area (Å²) in [6.45, 7) is 6.71. The third-order valence-corrected chi connectivity index (χ3v) is 2.64. The van der Waals surface area contributed by atoms with Crippen molar-refractivity contribution in [1.82, 2.24) is 5.01 Å². The molecule has 0 aromatic heterocycles. The van der Waals surface area contributed by atoms with Crippen LogP contribution in [0, 0.1) is 5.92 Å². The molecule has 2 atom stereocenters. The van der Waals surface area contributed by atoms with E-state index in [0.717, 1.165) is 5.92 Å². The van der Waals surface area contributed by atoms with Crippen molar-refractivity contribution in [2.75, 3.05) is 7.05 Å². The van der Waals surface area contributed by atoms with Crippen LogP contribution < -0.4 is 5.84 Å². The molecule has 0 rings (SSSR count). The Balaban J connectivity index is 3.68. The van der Waals surface area contributed by atoms with Gasteiger partial charge in [0.1, 0.15) is 0 Å². The summed E-state index contributed by atoms with van der Waals surface area (Å²) in [4.78, 5) is 0. The molecule has 74 valence electrons. The molecule has 0 radical (unpaired) electrons. The number of hydrogen-bond donors (Lipinski definition) is 1. The topological polar surface area (TPSA) is 29.3 Å². The van der Waals surface area contributed by atoms with Crippen LogP contribution in [0.3, 0.4) is 0 Å². The van der Waals surface area contributed by atoms with Crippen molar-refractivity contribution in [2.24, 2.45) is 11.8 Å². The molecule has 12 heavy (non-hydrogen) atoms. The van der Waals surface area contributed by atoms with Gasteiger partial charge in [-0.05, 0) is 19.3 Å². The molecule has 0 aliphatic heterocycles. The minimum atomic E-state index is 0.515. The lowest BCUT2D eigenvalue weighted by atomic mass is 9.93. The van der Waals surface area contributed by atoms with Crippen molar-refractivity contribution in [1.29, 1.82) is 0 Å². The van der Waals surface area contributed by atoms with Crippen molar-refractivity contribution in [2.45, 2.75) is 52.5 Å². The molecule has 0 aromatic rings. The fourth-order valence-corrected chi connectivity index (χ4v) is 1.55. The quantitative estimate of drug-likeness (QED) is 0.492. The zero-order chi connectivity index (χ0) is 9.56. The number of rotatable bonds is 6. The third-order valence-electron chi connectivity index (χ3n) is 2.64. The Morgan fingerprint density at radius 1 is 1.33 bits per heavy atom. The van der Waals surface area contributed by atoms with Crippen LogP contribution in [-0.2, 0) is 0 Å². The molecule has 0 aromatic carbocycles. The average Bonchev–Trinajstić information content (AvgIpc) is 2.03. The third kappa shape index (κ3) is 4.73. The summed E-state index contributed by atoms with van der Waals surface area (Å²) in [7, 11) is 1.95. The van der Waals surface area contributed by atoms with E-state index < -0.39 is 0 Å². The van der Waals surface area contributed by atoms with Crippen LogP contribution in [0.25, 0.3) is 0 Å². The van der Waals surface area contributed by atoms with Crippen molar-refractivity contribution in [3.63, 3.8) is 0 Å². The highest BCUT2D eigenvalue weighted by molar-refractivity contribution is 4.65. The smallest absolute Gasteiger partial charge is 0.0212 e. The lowest BCUT2D eigenvalue weighted by Crippen LogP contribution is -2.36. The normalized spacial score (nSPS) is 16.5. The zero-order valence-corrected chi connectivity index (χ0v) is 9.01. The van der Waals surface area contributed by atoms with Gasteiger partial charge < -0.3 is 0 Å². The highest BCUT2D eigenvalue weighted by atomic mass is 15.4. The molecular weight excluding hydrogens is 148 g/mol. The van der Waals surface area contributed by atoms with Crippen molar-refractivity contribution < 1.29 is 0 Å². The lowest BCUT2D eigenvalue weighted by Gasteiger charge is -2.24. The maximum absolute atomic E-state index is 5.67. The molecule has 0 aliphatic rings. The van der Waals surface area contributed by atoms with Crippen LogP contribution in [0.2, 0.25) is 0 Å². The first-order chi connectivity index (χ1) is 5.61. The zero-order valence-electron chi connectivity index (χ0n) is 9.01. The second kappa shape index (κ2) is 6.44. The maximum Gasteiger partial charge on any atom is 0.0212 e. The molecule has 0 amide bonds. The number of hydrogen-bond acceptors (Lipinski definition) is 2. The average molecular weight is 172 g/mol. The highest BCUT2D eigenvalue weighted by Crippen LogP contribution is 2.18. The molecule has 2 heteroatoms. The Morgan fingerprint density at radius 2 is 1.92 bits per heavy atom. The van der Waals surface area contributed by atoms with Gasteiger partial charge in [0.15, 0.2) is 0 Å².